The third-order valence-corrected chi connectivity index (χ3v) is 18.4. The lowest BCUT2D eigenvalue weighted by Crippen LogP contribution is -2.35. The van der Waals surface area contributed by atoms with Crippen LogP contribution in [0.25, 0.3) is 11.1 Å². The molecule has 1 unspecified atom stereocenters. The Kier molecular flexibility index (Phi) is 10.1. The van der Waals surface area contributed by atoms with Crippen molar-refractivity contribution >= 4 is 20.8 Å². The van der Waals surface area contributed by atoms with E-state index in [0.29, 0.717) is 17.0 Å². The highest BCUT2D eigenvalue weighted by atomic mass is 32.3. The Balaban J connectivity index is 1.09. The lowest BCUT2D eigenvalue weighted by atomic mass is 9.95. The minimum Gasteiger partial charge on any atom is -0.333 e. The molecule has 296 valence electrons. The molecule has 8 aromatic rings. The van der Waals surface area contributed by atoms with Crippen molar-refractivity contribution in [2.75, 3.05) is 13.3 Å². The second kappa shape index (κ2) is 15.7. The normalized spacial score (nSPS) is 15.0. The average molecular weight is 806 g/mol. The first-order valence-electron chi connectivity index (χ1n) is 20.1. The number of thiol groups is 1. The predicted molar refractivity (Wildman–Crippen MR) is 245 cm³/mol. The summed E-state index contributed by atoms with van der Waals surface area (Å²) in [5.74, 6) is -2.18. The lowest BCUT2D eigenvalue weighted by molar-refractivity contribution is 0.0429. The first-order chi connectivity index (χ1) is 29.2. The van der Waals surface area contributed by atoms with Crippen LogP contribution in [0.4, 0.5) is 8.78 Å². The van der Waals surface area contributed by atoms with Crippen LogP contribution in [0.3, 0.4) is 0 Å². The minimum absolute atomic E-state index is 0.0878. The van der Waals surface area contributed by atoms with Crippen LogP contribution < -0.4 is 0 Å². The van der Waals surface area contributed by atoms with Crippen molar-refractivity contribution in [1.82, 2.24) is 4.90 Å². The SMILES string of the molecule is CN1C(c2ccccc2)=NC(c2cccc(C(F)(F)c3cccc(-c4ccc([SH](C)(c5ccccc5)(c5ccccc5)c5ccccc5)cc4)c3)c2)=NC1c1ccccc1. The Morgan fingerprint density at radius 2 is 0.867 bits per heavy atom. The Bertz CT molecular complexity index is 2710. The van der Waals surface area contributed by atoms with Gasteiger partial charge in [0.25, 0.3) is 5.92 Å². The Labute approximate surface area is 351 Å². The smallest absolute Gasteiger partial charge is 0.298 e. The fourth-order valence-electron chi connectivity index (χ4n) is 8.68. The Morgan fingerprint density at radius 1 is 0.450 bits per heavy atom. The van der Waals surface area contributed by atoms with Gasteiger partial charge in [-0.05, 0) is 54.7 Å². The molecule has 0 aliphatic carbocycles. The number of halogens is 2. The van der Waals surface area contributed by atoms with E-state index in [9.17, 15) is 0 Å². The van der Waals surface area contributed by atoms with Crippen molar-refractivity contribution in [2.24, 2.45) is 9.98 Å². The molecular weight excluding hydrogens is 761 g/mol. The minimum atomic E-state index is -3.30. The summed E-state index contributed by atoms with van der Waals surface area (Å²) in [7, 11) is -1.29. The molecule has 60 heavy (non-hydrogen) atoms. The Morgan fingerprint density at radius 3 is 1.38 bits per heavy atom. The third kappa shape index (κ3) is 6.63. The second-order valence-corrected chi connectivity index (χ2v) is 20.7. The average Bonchev–Trinajstić information content (AvgIpc) is 3.33. The van der Waals surface area contributed by atoms with Crippen molar-refractivity contribution in [3.8, 4) is 11.1 Å². The summed E-state index contributed by atoms with van der Waals surface area (Å²) >= 11 is 0. The highest BCUT2D eigenvalue weighted by Crippen LogP contribution is 2.87. The van der Waals surface area contributed by atoms with E-state index in [1.54, 1.807) is 24.3 Å². The highest BCUT2D eigenvalue weighted by molar-refractivity contribution is 8.49. The van der Waals surface area contributed by atoms with Gasteiger partial charge in [-0.1, -0.05) is 212 Å². The van der Waals surface area contributed by atoms with E-state index in [4.69, 9.17) is 9.98 Å². The maximum absolute atomic E-state index is 16.8. The first-order valence-corrected chi connectivity index (χ1v) is 22.8. The van der Waals surface area contributed by atoms with E-state index < -0.39 is 15.1 Å². The van der Waals surface area contributed by atoms with Crippen LogP contribution >= 0.6 is 9.16 Å². The van der Waals surface area contributed by atoms with E-state index >= 15 is 8.78 Å². The molecule has 9 rings (SSSR count). The van der Waals surface area contributed by atoms with Gasteiger partial charge in [-0.15, -0.1) is 0 Å². The van der Waals surface area contributed by atoms with Crippen LogP contribution in [0.15, 0.2) is 254 Å². The second-order valence-electron chi connectivity index (χ2n) is 15.5. The molecule has 1 atom stereocenters. The molecule has 0 saturated heterocycles. The molecule has 1 aliphatic rings. The van der Waals surface area contributed by atoms with Gasteiger partial charge in [0.1, 0.15) is 12.0 Å². The topological polar surface area (TPSA) is 28.0 Å². The molecular formula is C54H45F2N3S. The van der Waals surface area contributed by atoms with Crippen LogP contribution in [-0.2, 0) is 5.92 Å². The van der Waals surface area contributed by atoms with Gasteiger partial charge in [-0.25, -0.2) is 19.1 Å². The van der Waals surface area contributed by atoms with Crippen molar-refractivity contribution in [1.29, 1.82) is 0 Å². The van der Waals surface area contributed by atoms with E-state index in [1.807, 2.05) is 78.7 Å². The summed E-state index contributed by atoms with van der Waals surface area (Å²) < 4.78 is 33.7. The maximum Gasteiger partial charge on any atom is 0.298 e. The van der Waals surface area contributed by atoms with Gasteiger partial charge in [0.15, 0.2) is 5.84 Å². The van der Waals surface area contributed by atoms with Gasteiger partial charge < -0.3 is 4.90 Å². The summed E-state index contributed by atoms with van der Waals surface area (Å²) in [4.78, 5) is 17.0. The maximum atomic E-state index is 16.8. The zero-order valence-corrected chi connectivity index (χ0v) is 34.4. The fourth-order valence-corrected chi connectivity index (χ4v) is 14.1. The van der Waals surface area contributed by atoms with E-state index in [2.05, 4.69) is 122 Å². The largest absolute Gasteiger partial charge is 0.333 e. The lowest BCUT2D eigenvalue weighted by Gasteiger charge is -2.60. The molecule has 3 nitrogen and oxygen atoms in total. The predicted octanol–water partition coefficient (Wildman–Crippen LogP) is 13.6. The highest BCUT2D eigenvalue weighted by Gasteiger charge is 2.44. The van der Waals surface area contributed by atoms with Gasteiger partial charge in [-0.3, -0.25) is 0 Å². The van der Waals surface area contributed by atoms with Crippen LogP contribution in [-0.4, -0.2) is 29.9 Å². The van der Waals surface area contributed by atoms with E-state index in [-0.39, 0.29) is 17.3 Å². The molecule has 1 aliphatic heterocycles. The van der Waals surface area contributed by atoms with Gasteiger partial charge in [0, 0.05) is 29.3 Å². The van der Waals surface area contributed by atoms with Crippen LogP contribution in [0.1, 0.15) is 34.0 Å². The van der Waals surface area contributed by atoms with Gasteiger partial charge >= 0.3 is 0 Å². The van der Waals surface area contributed by atoms with Crippen LogP contribution in [0.5, 0.6) is 0 Å². The number of hydrogen-bond donors (Lipinski definition) is 1. The van der Waals surface area contributed by atoms with Crippen LogP contribution in [0, 0.1) is 0 Å². The van der Waals surface area contributed by atoms with Gasteiger partial charge in [-0.2, -0.15) is 8.78 Å². The number of rotatable bonds is 10. The summed E-state index contributed by atoms with van der Waals surface area (Å²) in [5, 5.41) is 0. The van der Waals surface area contributed by atoms with Crippen molar-refractivity contribution < 1.29 is 8.78 Å². The summed E-state index contributed by atoms with van der Waals surface area (Å²) in [5.41, 5.74) is 3.79. The summed E-state index contributed by atoms with van der Waals surface area (Å²) in [6, 6.07) is 73.9. The van der Waals surface area contributed by atoms with Gasteiger partial charge in [0.2, 0.25) is 0 Å². The number of hydrogen-bond acceptors (Lipinski definition) is 3. The third-order valence-electron chi connectivity index (χ3n) is 12.0. The zero-order valence-electron chi connectivity index (χ0n) is 33.5. The molecule has 0 radical (unpaired) electrons. The molecule has 8 aromatic carbocycles. The first kappa shape index (κ1) is 38.6. The standard InChI is InChI=1S/C54H45F2N3S/c1-59-52(41-20-8-3-9-21-41)57-51(58-53(59)42-22-10-4-11-23-42)44-25-19-27-46(39-44)54(55,56)45-26-18-24-43(38-45)40-34-36-50(37-35-40)60(2,47-28-12-5-13-29-47,48-30-14-6-15-31-48)49-32-16-7-17-33-49/h3-39,52,60H,1-2H3. The molecule has 0 bridgehead atoms. The van der Waals surface area contributed by atoms with E-state index in [0.717, 1.165) is 22.5 Å². The van der Waals surface area contributed by atoms with Crippen molar-refractivity contribution in [3.05, 3.63) is 252 Å². The Hall–Kier alpha value is -6.89. The van der Waals surface area contributed by atoms with Gasteiger partial charge in [0.05, 0.1) is 0 Å². The molecule has 0 amide bonds. The summed E-state index contributed by atoms with van der Waals surface area (Å²) in [6.45, 7) is 0. The molecule has 1 heterocycles. The monoisotopic (exact) mass is 805 g/mol. The van der Waals surface area contributed by atoms with Crippen molar-refractivity contribution in [2.45, 2.75) is 31.7 Å². The fraction of sp³-hybridized carbons (Fsp3) is 0.0741. The van der Waals surface area contributed by atoms with Crippen LogP contribution in [0.2, 0.25) is 0 Å². The van der Waals surface area contributed by atoms with Crippen molar-refractivity contribution in [3.63, 3.8) is 0 Å². The molecule has 0 spiro atoms. The number of alkyl halides is 2. The number of benzene rings is 8. The number of amidine groups is 2. The number of aliphatic imine (C=N–C) groups is 2. The molecule has 6 heteroatoms. The number of nitrogens with zero attached hydrogens (tertiary/aromatic N) is 3. The molecule has 0 fully saturated rings. The zero-order chi connectivity index (χ0) is 41.2. The molecule has 0 N–H and O–H groups in total. The molecule has 0 saturated carbocycles. The summed E-state index contributed by atoms with van der Waals surface area (Å²) in [6.07, 6.45) is 2.03. The molecule has 0 aromatic heterocycles. The quantitative estimate of drug-likeness (QED) is 0.137. The van der Waals surface area contributed by atoms with E-state index in [1.165, 1.54) is 37.8 Å².